The molecule has 0 bridgehead atoms. The number of aromatic nitrogens is 2. The molecule has 3 nitrogen and oxygen atoms in total. The number of nitrogens with zero attached hydrogens (tertiary/aromatic N) is 2. The number of hydrogen-bond acceptors (Lipinski definition) is 3. The zero-order valence-corrected chi connectivity index (χ0v) is 18.4. The summed E-state index contributed by atoms with van der Waals surface area (Å²) in [5, 5.41) is 2.92. The number of aryl methyl sites for hydroxylation is 2. The van der Waals surface area contributed by atoms with Gasteiger partial charge in [-0.05, 0) is 55.0 Å². The Morgan fingerprint density at radius 2 is 2.07 bits per heavy atom. The van der Waals surface area contributed by atoms with Gasteiger partial charge in [-0.25, -0.2) is 4.98 Å². The third kappa shape index (κ3) is 3.24. The molecule has 2 aromatic heterocycles. The molecule has 1 aliphatic heterocycles. The van der Waals surface area contributed by atoms with E-state index in [9.17, 15) is 0 Å². The van der Waals surface area contributed by atoms with Crippen molar-refractivity contribution in [2.45, 2.75) is 33.2 Å². The fourth-order valence-electron chi connectivity index (χ4n) is 4.24. The summed E-state index contributed by atoms with van der Waals surface area (Å²) in [6.45, 7) is 7.63. The highest BCUT2D eigenvalue weighted by molar-refractivity contribution is 7.14. The Kier molecular flexibility index (Phi) is 4.64. The molecule has 5 rings (SSSR count). The summed E-state index contributed by atoms with van der Waals surface area (Å²) in [4.78, 5) is 12.0. The van der Waals surface area contributed by atoms with Gasteiger partial charge in [-0.3, -0.25) is 0 Å². The molecule has 2 atom stereocenters. The number of benzene rings is 2. The van der Waals surface area contributed by atoms with Gasteiger partial charge in [0.15, 0.2) is 0 Å². The lowest BCUT2D eigenvalue weighted by molar-refractivity contribution is 0.514. The lowest BCUT2D eigenvalue weighted by Gasteiger charge is -2.26. The minimum absolute atomic E-state index is 0.205. The second-order valence-corrected chi connectivity index (χ2v) is 9.32. The molecule has 0 unspecified atom stereocenters. The Bertz CT molecular complexity index is 1190. The third-order valence-corrected chi connectivity index (χ3v) is 7.29. The predicted molar refractivity (Wildman–Crippen MR) is 123 cm³/mol. The van der Waals surface area contributed by atoms with Gasteiger partial charge in [0, 0.05) is 22.9 Å². The number of H-pyrrole nitrogens is 1. The van der Waals surface area contributed by atoms with Crippen LogP contribution in [0.4, 0.5) is 5.69 Å². The van der Waals surface area contributed by atoms with Gasteiger partial charge in [-0.2, -0.15) is 0 Å². The van der Waals surface area contributed by atoms with Crippen LogP contribution in [0.1, 0.15) is 36.3 Å². The van der Waals surface area contributed by atoms with Crippen LogP contribution in [0.5, 0.6) is 0 Å². The summed E-state index contributed by atoms with van der Waals surface area (Å²) in [5.41, 5.74) is 6.89. The number of imidazole rings is 1. The van der Waals surface area contributed by atoms with Gasteiger partial charge in [0.1, 0.15) is 11.3 Å². The Labute approximate surface area is 180 Å². The van der Waals surface area contributed by atoms with Gasteiger partial charge in [0.05, 0.1) is 22.3 Å². The van der Waals surface area contributed by atoms with Crippen LogP contribution in [-0.2, 0) is 0 Å². The molecule has 2 aromatic carbocycles. The summed E-state index contributed by atoms with van der Waals surface area (Å²) in [5.74, 6) is 1.50. The maximum Gasteiger partial charge on any atom is 0.130 e. The summed E-state index contributed by atoms with van der Waals surface area (Å²) in [7, 11) is 0. The molecule has 0 aliphatic carbocycles. The van der Waals surface area contributed by atoms with Crippen molar-refractivity contribution in [3.05, 3.63) is 69.8 Å². The molecule has 3 heterocycles. The van der Waals surface area contributed by atoms with Crippen molar-refractivity contribution in [3.8, 4) is 10.4 Å². The van der Waals surface area contributed by atoms with Crippen molar-refractivity contribution in [2.75, 3.05) is 11.4 Å². The molecule has 1 N–H and O–H groups in total. The molecule has 4 aromatic rings. The molecule has 0 spiro atoms. The smallest absolute Gasteiger partial charge is 0.130 e. The highest BCUT2D eigenvalue weighted by Crippen LogP contribution is 2.42. The fraction of sp³-hybridized carbons (Fsp3) is 0.292. The number of thiophene rings is 1. The van der Waals surface area contributed by atoms with Gasteiger partial charge in [-0.15, -0.1) is 11.3 Å². The summed E-state index contributed by atoms with van der Waals surface area (Å²) in [6, 6.07) is 16.4. The first kappa shape index (κ1) is 18.7. The average molecular weight is 421 g/mol. The van der Waals surface area contributed by atoms with Crippen LogP contribution >= 0.6 is 22.9 Å². The quantitative estimate of drug-likeness (QED) is 0.389. The van der Waals surface area contributed by atoms with Crippen LogP contribution in [-0.4, -0.2) is 16.5 Å². The Morgan fingerprint density at radius 3 is 2.86 bits per heavy atom. The molecule has 0 amide bonds. The minimum Gasteiger partial charge on any atom is -0.360 e. The van der Waals surface area contributed by atoms with Crippen LogP contribution in [0, 0.1) is 25.8 Å². The number of aromatic amines is 1. The highest BCUT2D eigenvalue weighted by Gasteiger charge is 2.35. The normalized spacial score (nSPS) is 19.4. The molecule has 29 heavy (non-hydrogen) atoms. The van der Waals surface area contributed by atoms with Crippen molar-refractivity contribution >= 4 is 39.7 Å². The van der Waals surface area contributed by atoms with Crippen LogP contribution in [0.25, 0.3) is 21.5 Å². The van der Waals surface area contributed by atoms with Gasteiger partial charge in [-0.1, -0.05) is 42.8 Å². The molecule has 1 saturated heterocycles. The summed E-state index contributed by atoms with van der Waals surface area (Å²) < 4.78 is 0. The predicted octanol–water partition coefficient (Wildman–Crippen LogP) is 6.95. The van der Waals surface area contributed by atoms with Gasteiger partial charge < -0.3 is 9.88 Å². The van der Waals surface area contributed by atoms with E-state index >= 15 is 0 Å². The van der Waals surface area contributed by atoms with Crippen molar-refractivity contribution in [1.29, 1.82) is 0 Å². The van der Waals surface area contributed by atoms with Gasteiger partial charge >= 0.3 is 0 Å². The monoisotopic (exact) mass is 420 g/mol. The molecule has 0 saturated carbocycles. The van der Waals surface area contributed by atoms with E-state index < -0.39 is 0 Å². The lowest BCUT2D eigenvalue weighted by Crippen LogP contribution is -2.25. The number of nitrogens with one attached hydrogen (secondary N) is 1. The van der Waals surface area contributed by atoms with Crippen LogP contribution in [0.15, 0.2) is 41.8 Å². The minimum atomic E-state index is 0.205. The third-order valence-electron chi connectivity index (χ3n) is 6.07. The van der Waals surface area contributed by atoms with E-state index in [1.54, 1.807) is 11.3 Å². The maximum absolute atomic E-state index is 6.36. The second-order valence-electron chi connectivity index (χ2n) is 8.04. The Morgan fingerprint density at radius 1 is 1.21 bits per heavy atom. The average Bonchev–Trinajstić information content (AvgIpc) is 3.41. The van der Waals surface area contributed by atoms with Crippen molar-refractivity contribution < 1.29 is 0 Å². The van der Waals surface area contributed by atoms with E-state index in [0.29, 0.717) is 10.9 Å². The lowest BCUT2D eigenvalue weighted by atomic mass is 10.0. The number of fused-ring (bicyclic) bond motifs is 1. The number of anilines is 1. The Hall–Kier alpha value is -2.30. The fourth-order valence-corrected chi connectivity index (χ4v) is 5.31. The zero-order valence-electron chi connectivity index (χ0n) is 16.8. The molecule has 1 aliphatic rings. The number of hydrogen-bond donors (Lipinski definition) is 1. The van der Waals surface area contributed by atoms with Crippen LogP contribution in [0.3, 0.4) is 0 Å². The van der Waals surface area contributed by atoms with E-state index in [0.717, 1.165) is 35.5 Å². The van der Waals surface area contributed by atoms with Crippen LogP contribution in [0.2, 0.25) is 5.02 Å². The van der Waals surface area contributed by atoms with Crippen molar-refractivity contribution in [1.82, 2.24) is 9.97 Å². The SMILES string of the molecule is Cc1ccc(-c2[c]c(N3CC[C@H](C)[C@H]3c3nc4c(Cl)cccc4[nH]3)cs2)cc1C. The van der Waals surface area contributed by atoms with E-state index in [-0.39, 0.29) is 6.04 Å². The van der Waals surface area contributed by atoms with Crippen LogP contribution < -0.4 is 4.90 Å². The van der Waals surface area contributed by atoms with E-state index in [2.05, 4.69) is 60.3 Å². The number of halogens is 1. The number of rotatable bonds is 3. The first-order chi connectivity index (χ1) is 14.0. The summed E-state index contributed by atoms with van der Waals surface area (Å²) >= 11 is 8.12. The first-order valence-electron chi connectivity index (χ1n) is 10.0. The molecular formula is C24H23ClN3S. The van der Waals surface area contributed by atoms with E-state index in [1.165, 1.54) is 21.6 Å². The summed E-state index contributed by atoms with van der Waals surface area (Å²) in [6.07, 6.45) is 1.14. The molecular weight excluding hydrogens is 398 g/mol. The Balaban J connectivity index is 1.50. The molecule has 147 valence electrons. The van der Waals surface area contributed by atoms with E-state index in [1.807, 2.05) is 18.2 Å². The molecule has 1 radical (unpaired) electrons. The standard InChI is InChI=1S/C24H23ClN3S/c1-14-7-8-17(11-16(14)3)21-12-18(13-29-21)28-10-9-15(2)23(28)24-26-20-6-4-5-19(25)22(20)27-24/h4-8,11,13,15,23H,9-10H2,1-3H3,(H,26,27)/t15-,23-/m0/s1. The number of para-hydroxylation sites is 1. The van der Waals surface area contributed by atoms with Crippen molar-refractivity contribution in [2.24, 2.45) is 5.92 Å². The topological polar surface area (TPSA) is 31.9 Å². The largest absolute Gasteiger partial charge is 0.360 e. The maximum atomic E-state index is 6.36. The highest BCUT2D eigenvalue weighted by atomic mass is 35.5. The van der Waals surface area contributed by atoms with E-state index in [4.69, 9.17) is 16.6 Å². The zero-order chi connectivity index (χ0) is 20.1. The molecule has 5 heteroatoms. The first-order valence-corrected chi connectivity index (χ1v) is 11.3. The van der Waals surface area contributed by atoms with Gasteiger partial charge in [0.25, 0.3) is 0 Å². The second kappa shape index (κ2) is 7.19. The molecule has 1 fully saturated rings. The van der Waals surface area contributed by atoms with Gasteiger partial charge in [0.2, 0.25) is 0 Å². The van der Waals surface area contributed by atoms with Crippen molar-refractivity contribution in [3.63, 3.8) is 0 Å².